The van der Waals surface area contributed by atoms with Gasteiger partial charge in [0, 0.05) is 29.6 Å². The van der Waals surface area contributed by atoms with Crippen LogP contribution in [0.25, 0.3) is 44.4 Å². The summed E-state index contributed by atoms with van der Waals surface area (Å²) in [4.78, 5) is 72.7. The summed E-state index contributed by atoms with van der Waals surface area (Å²) in [5.74, 6) is 1.76. The second kappa shape index (κ2) is 17.9. The molecule has 5 aromatic carbocycles. The Morgan fingerprint density at radius 2 is 1.17 bits per heavy atom. The Kier molecular flexibility index (Phi) is 11.4. The smallest absolute Gasteiger partial charge is 0.407 e. The molecule has 15 nitrogen and oxygen atoms in total. The number of ether oxygens (including phenoxy) is 3. The first-order valence-corrected chi connectivity index (χ1v) is 22.1. The molecule has 7 aromatic rings. The number of aromatic amines is 2. The van der Waals surface area contributed by atoms with Crippen molar-refractivity contribution in [3.63, 3.8) is 0 Å². The van der Waals surface area contributed by atoms with E-state index in [2.05, 4.69) is 69.1 Å². The second-order valence-corrected chi connectivity index (χ2v) is 16.7. The van der Waals surface area contributed by atoms with Crippen LogP contribution in [0.2, 0.25) is 0 Å². The van der Waals surface area contributed by atoms with Gasteiger partial charge in [-0.3, -0.25) is 9.59 Å². The van der Waals surface area contributed by atoms with Crippen LogP contribution >= 0.6 is 0 Å². The second-order valence-electron chi connectivity index (χ2n) is 16.7. The summed E-state index contributed by atoms with van der Waals surface area (Å²) in [6, 6.07) is 32.8. The number of H-pyrrole nitrogens is 2. The van der Waals surface area contributed by atoms with Gasteiger partial charge in [-0.2, -0.15) is 0 Å². The molecule has 4 atom stereocenters. The van der Waals surface area contributed by atoms with Crippen molar-refractivity contribution in [1.29, 1.82) is 0 Å². The summed E-state index contributed by atoms with van der Waals surface area (Å²) in [7, 11) is 2.56. The lowest BCUT2D eigenvalue weighted by Crippen LogP contribution is -2.42. The van der Waals surface area contributed by atoms with Gasteiger partial charge in [-0.1, -0.05) is 91.0 Å². The molecule has 0 radical (unpaired) electrons. The van der Waals surface area contributed by atoms with E-state index in [-0.39, 0.29) is 23.9 Å². The SMILES string of the molecule is COC(=O)NC(C(=O)N1CCC[C@H]1c1ncc(-c2ccc3c(c2)COc2c-3ccc3cc(-c4cnc([C@@H]5CCCN5C(=O)C(NC(=O)OC)c5ccccc5)[nH]4)ccc23)[nH]1)c1ccccc1. The predicted octanol–water partition coefficient (Wildman–Crippen LogP) is 8.70. The number of imidazole rings is 2. The van der Waals surface area contributed by atoms with Gasteiger partial charge in [-0.15, -0.1) is 0 Å². The van der Waals surface area contributed by atoms with Crippen molar-refractivity contribution < 1.29 is 33.4 Å². The maximum absolute atomic E-state index is 14.0. The van der Waals surface area contributed by atoms with E-state index in [1.165, 1.54) is 14.2 Å². The molecule has 2 unspecified atom stereocenters. The number of hydrogen-bond acceptors (Lipinski definition) is 9. The normalized spacial score (nSPS) is 17.3. The van der Waals surface area contributed by atoms with Crippen molar-refractivity contribution in [2.75, 3.05) is 27.3 Å². The fourth-order valence-electron chi connectivity index (χ4n) is 9.62. The number of carbonyl (C=O) groups excluding carboxylic acids is 4. The quantitative estimate of drug-likeness (QED) is 0.104. The summed E-state index contributed by atoms with van der Waals surface area (Å²) in [5, 5.41) is 7.45. The number of rotatable bonds is 10. The third-order valence-electron chi connectivity index (χ3n) is 12.9. The number of alkyl carbamates (subject to hydrolysis) is 2. The first-order chi connectivity index (χ1) is 32.3. The molecule has 3 aliphatic rings. The van der Waals surface area contributed by atoms with E-state index >= 15 is 0 Å². The number of nitrogens with one attached hydrogen (secondary N) is 4. The lowest BCUT2D eigenvalue weighted by Gasteiger charge is -2.28. The number of hydrogen-bond donors (Lipinski definition) is 4. The van der Waals surface area contributed by atoms with Gasteiger partial charge in [0.15, 0.2) is 0 Å². The first kappa shape index (κ1) is 42.0. The van der Waals surface area contributed by atoms with E-state index in [0.29, 0.717) is 42.5 Å². The molecule has 10 rings (SSSR count). The molecule has 2 aromatic heterocycles. The van der Waals surface area contributed by atoms with Crippen LogP contribution < -0.4 is 15.4 Å². The van der Waals surface area contributed by atoms with Gasteiger partial charge in [0.05, 0.1) is 50.1 Å². The Labute approximate surface area is 380 Å². The molecule has 0 saturated carbocycles. The Morgan fingerprint density at radius 1 is 0.652 bits per heavy atom. The molecule has 4 N–H and O–H groups in total. The number of fused-ring (bicyclic) bond motifs is 5. The summed E-state index contributed by atoms with van der Waals surface area (Å²) in [6.07, 6.45) is 5.35. The molecule has 334 valence electrons. The number of nitrogens with zero attached hydrogens (tertiary/aromatic N) is 4. The number of benzene rings is 5. The monoisotopic (exact) mass is 884 g/mol. The van der Waals surface area contributed by atoms with Gasteiger partial charge in [0.2, 0.25) is 0 Å². The molecule has 2 saturated heterocycles. The lowest BCUT2D eigenvalue weighted by molar-refractivity contribution is -0.135. The molecule has 4 amide bonds. The van der Waals surface area contributed by atoms with Crippen LogP contribution in [0.3, 0.4) is 0 Å². The highest BCUT2D eigenvalue weighted by Crippen LogP contribution is 2.44. The largest absolute Gasteiger partial charge is 0.488 e. The Morgan fingerprint density at radius 3 is 1.71 bits per heavy atom. The number of carbonyl (C=O) groups is 4. The zero-order chi connectivity index (χ0) is 45.3. The summed E-state index contributed by atoms with van der Waals surface area (Å²) >= 11 is 0. The maximum Gasteiger partial charge on any atom is 0.407 e. The van der Waals surface area contributed by atoms with E-state index in [0.717, 1.165) is 81.4 Å². The highest BCUT2D eigenvalue weighted by Gasteiger charge is 2.39. The van der Waals surface area contributed by atoms with E-state index in [9.17, 15) is 19.2 Å². The molecule has 15 heteroatoms. The molecule has 2 fully saturated rings. The summed E-state index contributed by atoms with van der Waals surface area (Å²) < 4.78 is 16.2. The van der Waals surface area contributed by atoms with Crippen LogP contribution in [-0.2, 0) is 25.7 Å². The fourth-order valence-corrected chi connectivity index (χ4v) is 9.62. The van der Waals surface area contributed by atoms with Crippen LogP contribution in [0.5, 0.6) is 5.75 Å². The zero-order valence-electron chi connectivity index (χ0n) is 36.5. The first-order valence-electron chi connectivity index (χ1n) is 22.1. The zero-order valence-corrected chi connectivity index (χ0v) is 36.5. The molecule has 66 heavy (non-hydrogen) atoms. The third-order valence-corrected chi connectivity index (χ3v) is 12.9. The van der Waals surface area contributed by atoms with Gasteiger partial charge in [0.25, 0.3) is 11.8 Å². The number of amides is 4. The maximum atomic E-state index is 14.0. The molecule has 5 heterocycles. The third kappa shape index (κ3) is 7.97. The molecular formula is C51H48N8O7. The van der Waals surface area contributed by atoms with Gasteiger partial charge in [-0.25, -0.2) is 19.6 Å². The van der Waals surface area contributed by atoms with Crippen LogP contribution in [-0.4, -0.2) is 81.0 Å². The highest BCUT2D eigenvalue weighted by molar-refractivity contribution is 5.98. The predicted molar refractivity (Wildman–Crippen MR) is 246 cm³/mol. The average molecular weight is 885 g/mol. The lowest BCUT2D eigenvalue weighted by atomic mass is 9.92. The van der Waals surface area contributed by atoms with Gasteiger partial charge >= 0.3 is 12.2 Å². The van der Waals surface area contributed by atoms with Crippen molar-refractivity contribution >= 4 is 34.8 Å². The van der Waals surface area contributed by atoms with E-state index in [1.54, 1.807) is 22.2 Å². The summed E-state index contributed by atoms with van der Waals surface area (Å²) in [5.41, 5.74) is 8.05. The number of methoxy groups -OCH3 is 2. The average Bonchev–Trinajstić information content (AvgIpc) is 4.22. The van der Waals surface area contributed by atoms with Crippen molar-refractivity contribution in [2.45, 2.75) is 56.5 Å². The van der Waals surface area contributed by atoms with Crippen molar-refractivity contribution in [3.05, 3.63) is 150 Å². The number of aromatic nitrogens is 4. The van der Waals surface area contributed by atoms with Crippen LogP contribution in [0, 0.1) is 0 Å². The van der Waals surface area contributed by atoms with E-state index in [1.807, 2.05) is 60.7 Å². The van der Waals surface area contributed by atoms with E-state index < -0.39 is 24.3 Å². The number of likely N-dealkylation sites (tertiary alicyclic amines) is 2. The Bertz CT molecular complexity index is 2950. The van der Waals surface area contributed by atoms with Gasteiger partial charge in [0.1, 0.15) is 36.1 Å². The molecule has 0 bridgehead atoms. The molecule has 0 aliphatic carbocycles. The molecule has 3 aliphatic heterocycles. The van der Waals surface area contributed by atoms with Crippen LogP contribution in [0.1, 0.15) is 78.2 Å². The standard InChI is InChI=1S/C51H48N8O7/c1-64-50(62)56-43(30-11-5-3-6-12-30)48(60)58-23-9-15-41(58)46-52-27-39(54-46)33-19-21-37-32(25-33)17-22-38-36-20-18-34(26-35(36)29-66-45(37)38)40-28-53-47(55-40)42-16-10-24-59(42)49(61)44(57-51(63)65-2)31-13-7-4-8-14-31/h3-8,11-14,17-22,25-28,41-44H,9-10,15-16,23-24,29H2,1-2H3,(H,52,54)(H,53,55)(H,56,62)(H,57,63)/t41-,42-,43?,44?/m0/s1. The Balaban J connectivity index is 0.852. The summed E-state index contributed by atoms with van der Waals surface area (Å²) in [6.45, 7) is 1.47. The van der Waals surface area contributed by atoms with Crippen molar-refractivity contribution in [3.8, 4) is 39.4 Å². The minimum Gasteiger partial charge on any atom is -0.488 e. The highest BCUT2D eigenvalue weighted by atomic mass is 16.5. The minimum atomic E-state index is -0.894. The minimum absolute atomic E-state index is 0.220. The molecule has 0 spiro atoms. The van der Waals surface area contributed by atoms with Crippen molar-refractivity contribution in [1.82, 2.24) is 40.4 Å². The fraction of sp³-hybridized carbons (Fsp3) is 0.255. The van der Waals surface area contributed by atoms with Gasteiger partial charge in [-0.05, 0) is 77.1 Å². The topological polar surface area (TPSA) is 184 Å². The van der Waals surface area contributed by atoms with E-state index in [4.69, 9.17) is 24.2 Å². The van der Waals surface area contributed by atoms with Crippen LogP contribution in [0.15, 0.2) is 122 Å². The van der Waals surface area contributed by atoms with Crippen LogP contribution in [0.4, 0.5) is 9.59 Å². The molecular weight excluding hydrogens is 837 g/mol. The van der Waals surface area contributed by atoms with Gasteiger partial charge < -0.3 is 44.6 Å². The van der Waals surface area contributed by atoms with Crippen molar-refractivity contribution in [2.24, 2.45) is 0 Å². The Hall–Kier alpha value is -7.94.